The van der Waals surface area contributed by atoms with Gasteiger partial charge in [0.1, 0.15) is 0 Å². The smallest absolute Gasteiger partial charge is 0.0480 e. The molecule has 0 aromatic heterocycles. The fourth-order valence-corrected chi connectivity index (χ4v) is 1.67. The molecule has 2 aliphatic rings. The summed E-state index contributed by atoms with van der Waals surface area (Å²) in [7, 11) is 0. The van der Waals surface area contributed by atoms with Gasteiger partial charge in [-0.05, 0) is 32.6 Å². The van der Waals surface area contributed by atoms with Gasteiger partial charge in [0.15, 0.2) is 0 Å². The average Bonchev–Trinajstić information content (AvgIpc) is 2.70. The Labute approximate surface area is 68.3 Å². The minimum atomic E-state index is 0.502. The fourth-order valence-electron chi connectivity index (χ4n) is 1.67. The third kappa shape index (κ3) is 1.94. The molecule has 2 nitrogen and oxygen atoms in total. The largest absolute Gasteiger partial charge is 0.381 e. The summed E-state index contributed by atoms with van der Waals surface area (Å²) in [5, 5.41) is 3.69. The van der Waals surface area contributed by atoms with Crippen molar-refractivity contribution in [3.63, 3.8) is 0 Å². The molecule has 0 unspecified atom stereocenters. The molecule has 0 atom stereocenters. The molecule has 0 bridgehead atoms. The first-order chi connectivity index (χ1) is 5.29. The Morgan fingerprint density at radius 1 is 1.27 bits per heavy atom. The highest BCUT2D eigenvalue weighted by Crippen LogP contribution is 2.35. The van der Waals surface area contributed by atoms with E-state index in [0.717, 1.165) is 19.3 Å². The Morgan fingerprint density at radius 3 is 2.45 bits per heavy atom. The lowest BCUT2D eigenvalue weighted by Crippen LogP contribution is -2.41. The molecule has 1 heterocycles. The lowest BCUT2D eigenvalue weighted by Gasteiger charge is -2.26. The molecule has 0 aromatic rings. The van der Waals surface area contributed by atoms with Crippen molar-refractivity contribution in [1.29, 1.82) is 0 Å². The van der Waals surface area contributed by atoms with Gasteiger partial charge in [-0.1, -0.05) is 0 Å². The molecule has 2 heteroatoms. The maximum atomic E-state index is 5.29. The molecule has 0 spiro atoms. The lowest BCUT2D eigenvalue weighted by molar-refractivity contribution is 0.0745. The second-order valence-corrected chi connectivity index (χ2v) is 4.09. The maximum absolute atomic E-state index is 5.29. The van der Waals surface area contributed by atoms with Gasteiger partial charge in [-0.15, -0.1) is 0 Å². The van der Waals surface area contributed by atoms with Gasteiger partial charge in [-0.2, -0.15) is 0 Å². The van der Waals surface area contributed by atoms with Crippen LogP contribution in [0.2, 0.25) is 0 Å². The van der Waals surface area contributed by atoms with Gasteiger partial charge in [-0.3, -0.25) is 0 Å². The molecule has 0 aromatic carbocycles. The van der Waals surface area contributed by atoms with Gasteiger partial charge in [0, 0.05) is 24.8 Å². The fraction of sp³-hybridized carbons (Fsp3) is 1.00. The summed E-state index contributed by atoms with van der Waals surface area (Å²) in [5.74, 6) is 0. The van der Waals surface area contributed by atoms with Crippen molar-refractivity contribution in [3.05, 3.63) is 0 Å². The molecule has 1 N–H and O–H groups in total. The van der Waals surface area contributed by atoms with E-state index in [1.807, 2.05) is 0 Å². The number of hydrogen-bond acceptors (Lipinski definition) is 2. The molecule has 2 fully saturated rings. The Kier molecular flexibility index (Phi) is 1.90. The van der Waals surface area contributed by atoms with Gasteiger partial charge < -0.3 is 10.1 Å². The molecule has 2 rings (SSSR count). The van der Waals surface area contributed by atoms with Crippen LogP contribution in [0.15, 0.2) is 0 Å². The predicted molar refractivity (Wildman–Crippen MR) is 44.6 cm³/mol. The summed E-state index contributed by atoms with van der Waals surface area (Å²) < 4.78 is 5.29. The predicted octanol–water partition coefficient (Wildman–Crippen LogP) is 1.31. The summed E-state index contributed by atoms with van der Waals surface area (Å²) in [6, 6.07) is 0.733. The lowest BCUT2D eigenvalue weighted by atomic mass is 10.1. The van der Waals surface area contributed by atoms with Crippen LogP contribution in [0.3, 0.4) is 0 Å². The standard InChI is InChI=1S/C9H17NO/c1-9(4-5-9)10-8-2-6-11-7-3-8/h8,10H,2-7H2,1H3. The number of nitrogens with one attached hydrogen (secondary N) is 1. The minimum absolute atomic E-state index is 0.502. The first kappa shape index (κ1) is 7.56. The normalized spacial score (nSPS) is 30.3. The average molecular weight is 155 g/mol. The minimum Gasteiger partial charge on any atom is -0.381 e. The van der Waals surface area contributed by atoms with Crippen molar-refractivity contribution in [2.24, 2.45) is 0 Å². The molecule has 1 saturated carbocycles. The molecule has 0 amide bonds. The second kappa shape index (κ2) is 2.76. The van der Waals surface area contributed by atoms with Crippen LogP contribution in [0.5, 0.6) is 0 Å². The Morgan fingerprint density at radius 2 is 1.91 bits per heavy atom. The summed E-state index contributed by atoms with van der Waals surface area (Å²) in [4.78, 5) is 0. The van der Waals surface area contributed by atoms with Crippen molar-refractivity contribution in [2.75, 3.05) is 13.2 Å². The first-order valence-corrected chi connectivity index (χ1v) is 4.64. The molecular weight excluding hydrogens is 138 g/mol. The third-order valence-corrected chi connectivity index (χ3v) is 2.77. The number of ether oxygens (including phenoxy) is 1. The van der Waals surface area contributed by atoms with Crippen LogP contribution >= 0.6 is 0 Å². The molecule has 64 valence electrons. The van der Waals surface area contributed by atoms with E-state index < -0.39 is 0 Å². The van der Waals surface area contributed by atoms with E-state index in [2.05, 4.69) is 12.2 Å². The molecular formula is C9H17NO. The zero-order valence-corrected chi connectivity index (χ0v) is 7.23. The van der Waals surface area contributed by atoms with Gasteiger partial charge in [0.2, 0.25) is 0 Å². The summed E-state index contributed by atoms with van der Waals surface area (Å²) in [6.07, 6.45) is 5.14. The van der Waals surface area contributed by atoms with E-state index in [0.29, 0.717) is 5.54 Å². The van der Waals surface area contributed by atoms with Crippen LogP contribution in [0.4, 0.5) is 0 Å². The number of rotatable bonds is 2. The van der Waals surface area contributed by atoms with E-state index in [1.165, 1.54) is 25.7 Å². The topological polar surface area (TPSA) is 21.3 Å². The molecule has 1 aliphatic carbocycles. The summed E-state index contributed by atoms with van der Waals surface area (Å²) in [5.41, 5.74) is 0.502. The van der Waals surface area contributed by atoms with Crippen LogP contribution in [-0.2, 0) is 4.74 Å². The van der Waals surface area contributed by atoms with Crippen molar-refractivity contribution < 1.29 is 4.74 Å². The maximum Gasteiger partial charge on any atom is 0.0480 e. The molecule has 11 heavy (non-hydrogen) atoms. The van der Waals surface area contributed by atoms with Crippen molar-refractivity contribution in [1.82, 2.24) is 5.32 Å². The SMILES string of the molecule is CC1(NC2CCOCC2)CC1. The molecule has 1 saturated heterocycles. The first-order valence-electron chi connectivity index (χ1n) is 4.64. The Balaban J connectivity index is 1.76. The van der Waals surface area contributed by atoms with E-state index in [4.69, 9.17) is 4.74 Å². The van der Waals surface area contributed by atoms with Gasteiger partial charge in [-0.25, -0.2) is 0 Å². The van der Waals surface area contributed by atoms with Crippen molar-refractivity contribution in [2.45, 2.75) is 44.2 Å². The van der Waals surface area contributed by atoms with E-state index in [9.17, 15) is 0 Å². The molecule has 0 radical (unpaired) electrons. The quantitative estimate of drug-likeness (QED) is 0.649. The van der Waals surface area contributed by atoms with Gasteiger partial charge >= 0.3 is 0 Å². The van der Waals surface area contributed by atoms with Crippen LogP contribution < -0.4 is 5.32 Å². The molecule has 1 aliphatic heterocycles. The van der Waals surface area contributed by atoms with Crippen LogP contribution in [0.1, 0.15) is 32.6 Å². The Hall–Kier alpha value is -0.0800. The zero-order chi connectivity index (χ0) is 7.73. The van der Waals surface area contributed by atoms with Gasteiger partial charge in [0.25, 0.3) is 0 Å². The van der Waals surface area contributed by atoms with Crippen molar-refractivity contribution >= 4 is 0 Å². The Bertz CT molecular complexity index is 136. The van der Waals surface area contributed by atoms with Crippen LogP contribution in [0.25, 0.3) is 0 Å². The van der Waals surface area contributed by atoms with E-state index in [-0.39, 0.29) is 0 Å². The van der Waals surface area contributed by atoms with E-state index in [1.54, 1.807) is 0 Å². The van der Waals surface area contributed by atoms with Gasteiger partial charge in [0.05, 0.1) is 0 Å². The highest BCUT2D eigenvalue weighted by molar-refractivity contribution is 4.99. The highest BCUT2D eigenvalue weighted by atomic mass is 16.5. The second-order valence-electron chi connectivity index (χ2n) is 4.09. The summed E-state index contributed by atoms with van der Waals surface area (Å²) >= 11 is 0. The highest BCUT2D eigenvalue weighted by Gasteiger charge is 2.38. The van der Waals surface area contributed by atoms with Crippen LogP contribution in [0, 0.1) is 0 Å². The monoisotopic (exact) mass is 155 g/mol. The van der Waals surface area contributed by atoms with E-state index >= 15 is 0 Å². The zero-order valence-electron chi connectivity index (χ0n) is 7.23. The summed E-state index contributed by atoms with van der Waals surface area (Å²) in [6.45, 7) is 4.23. The van der Waals surface area contributed by atoms with Crippen molar-refractivity contribution in [3.8, 4) is 0 Å². The van der Waals surface area contributed by atoms with Crippen LogP contribution in [-0.4, -0.2) is 24.8 Å². The third-order valence-electron chi connectivity index (χ3n) is 2.77. The number of hydrogen-bond donors (Lipinski definition) is 1.